The molecule has 0 fully saturated rings. The topological polar surface area (TPSA) is 30.9 Å². The molecule has 2 N–H and O–H groups in total. The number of aromatic nitrogens is 1. The summed E-state index contributed by atoms with van der Waals surface area (Å²) in [6.45, 7) is 1.62. The summed E-state index contributed by atoms with van der Waals surface area (Å²) in [6.07, 6.45) is 5.27. The zero-order valence-electron chi connectivity index (χ0n) is 10.9. The number of nitrogens with two attached hydrogens (primary N) is 1. The number of fused-ring (bicyclic) bond motifs is 1. The fourth-order valence-electron chi connectivity index (χ4n) is 2.53. The first-order chi connectivity index (χ1) is 9.36. The molecule has 0 aliphatic carbocycles. The minimum atomic E-state index is 0.707. The Bertz CT molecular complexity index is 677. The van der Waals surface area contributed by atoms with Crippen LogP contribution in [0.2, 0.25) is 0 Å². The molecule has 2 aromatic carbocycles. The third-order valence-corrected chi connectivity index (χ3v) is 3.48. The monoisotopic (exact) mass is 250 g/mol. The average Bonchev–Trinajstić information content (AvgIpc) is 2.87. The Morgan fingerprint density at radius 1 is 0.947 bits per heavy atom. The number of benzene rings is 2. The number of rotatable bonds is 4. The van der Waals surface area contributed by atoms with Crippen molar-refractivity contribution in [3.05, 3.63) is 72.1 Å². The van der Waals surface area contributed by atoms with E-state index < -0.39 is 0 Å². The molecule has 0 aliphatic rings. The highest BCUT2D eigenvalue weighted by atomic mass is 14.9. The molecule has 2 heteroatoms. The third kappa shape index (κ3) is 2.54. The van der Waals surface area contributed by atoms with Crippen LogP contribution in [0, 0.1) is 0 Å². The Kier molecular flexibility index (Phi) is 3.34. The molecule has 0 saturated heterocycles. The van der Waals surface area contributed by atoms with Crippen LogP contribution in [-0.2, 0) is 13.0 Å². The van der Waals surface area contributed by atoms with Crippen LogP contribution in [0.15, 0.2) is 60.9 Å². The second-order valence-electron chi connectivity index (χ2n) is 4.87. The summed E-state index contributed by atoms with van der Waals surface area (Å²) in [6, 6.07) is 17.2. The second kappa shape index (κ2) is 5.29. The zero-order valence-corrected chi connectivity index (χ0v) is 10.9. The molecule has 1 aromatic heterocycles. The highest BCUT2D eigenvalue weighted by Gasteiger charge is 2.02. The van der Waals surface area contributed by atoms with E-state index in [0.717, 1.165) is 13.0 Å². The van der Waals surface area contributed by atoms with Gasteiger partial charge in [0.05, 0.1) is 0 Å². The minimum absolute atomic E-state index is 0.707. The first-order valence-corrected chi connectivity index (χ1v) is 6.68. The Morgan fingerprint density at radius 3 is 2.68 bits per heavy atom. The van der Waals surface area contributed by atoms with Gasteiger partial charge < -0.3 is 10.3 Å². The molecule has 3 rings (SSSR count). The molecular weight excluding hydrogens is 232 g/mol. The van der Waals surface area contributed by atoms with Gasteiger partial charge in [-0.2, -0.15) is 0 Å². The van der Waals surface area contributed by atoms with Gasteiger partial charge in [-0.05, 0) is 40.9 Å². The summed E-state index contributed by atoms with van der Waals surface area (Å²) in [4.78, 5) is 0. The molecule has 3 aromatic rings. The first-order valence-electron chi connectivity index (χ1n) is 6.68. The van der Waals surface area contributed by atoms with Gasteiger partial charge in [0, 0.05) is 18.9 Å². The van der Waals surface area contributed by atoms with Crippen LogP contribution in [0.3, 0.4) is 0 Å². The van der Waals surface area contributed by atoms with Crippen LogP contribution >= 0.6 is 0 Å². The number of nitrogens with zero attached hydrogens (tertiary/aromatic N) is 1. The molecule has 0 unspecified atom stereocenters. The van der Waals surface area contributed by atoms with Crippen molar-refractivity contribution in [1.29, 1.82) is 0 Å². The van der Waals surface area contributed by atoms with E-state index in [9.17, 15) is 0 Å². The standard InChI is InChI=1S/C17H18N2/c18-10-8-14-9-11-19(12-14)13-16-6-3-5-15-4-1-2-7-17(15)16/h1-7,9,11-12H,8,10,13,18H2. The molecule has 0 bridgehead atoms. The van der Waals surface area contributed by atoms with Crippen LogP contribution in [-0.4, -0.2) is 11.1 Å². The van der Waals surface area contributed by atoms with Gasteiger partial charge in [0.1, 0.15) is 0 Å². The fourth-order valence-corrected chi connectivity index (χ4v) is 2.53. The van der Waals surface area contributed by atoms with Gasteiger partial charge in [-0.1, -0.05) is 42.5 Å². The summed E-state index contributed by atoms with van der Waals surface area (Å²) in [5.41, 5.74) is 8.25. The summed E-state index contributed by atoms with van der Waals surface area (Å²) in [7, 11) is 0. The molecule has 96 valence electrons. The van der Waals surface area contributed by atoms with Crippen LogP contribution < -0.4 is 5.73 Å². The van der Waals surface area contributed by atoms with E-state index in [4.69, 9.17) is 5.73 Å². The van der Waals surface area contributed by atoms with Crippen molar-refractivity contribution in [2.75, 3.05) is 6.54 Å². The Labute approximate surface area is 113 Å². The van der Waals surface area contributed by atoms with E-state index in [0.29, 0.717) is 6.54 Å². The van der Waals surface area contributed by atoms with E-state index in [-0.39, 0.29) is 0 Å². The van der Waals surface area contributed by atoms with Gasteiger partial charge in [-0.15, -0.1) is 0 Å². The van der Waals surface area contributed by atoms with Crippen LogP contribution in [0.5, 0.6) is 0 Å². The van der Waals surface area contributed by atoms with Crippen molar-refractivity contribution in [2.45, 2.75) is 13.0 Å². The largest absolute Gasteiger partial charge is 0.350 e. The fraction of sp³-hybridized carbons (Fsp3) is 0.176. The smallest absolute Gasteiger partial charge is 0.0476 e. The van der Waals surface area contributed by atoms with E-state index in [1.165, 1.54) is 21.9 Å². The summed E-state index contributed by atoms with van der Waals surface area (Å²) in [5, 5.41) is 2.63. The SMILES string of the molecule is NCCc1ccn(Cc2cccc3ccccc23)c1. The maximum absolute atomic E-state index is 5.59. The van der Waals surface area contributed by atoms with Gasteiger partial charge in [-0.25, -0.2) is 0 Å². The average molecular weight is 250 g/mol. The van der Waals surface area contributed by atoms with Gasteiger partial charge in [0.2, 0.25) is 0 Å². The molecular formula is C17H18N2. The third-order valence-electron chi connectivity index (χ3n) is 3.48. The number of hydrogen-bond donors (Lipinski definition) is 1. The first kappa shape index (κ1) is 12.0. The van der Waals surface area contributed by atoms with Crippen LogP contribution in [0.4, 0.5) is 0 Å². The Hall–Kier alpha value is -2.06. The Morgan fingerprint density at radius 2 is 1.79 bits per heavy atom. The minimum Gasteiger partial charge on any atom is -0.350 e. The van der Waals surface area contributed by atoms with Gasteiger partial charge in [-0.3, -0.25) is 0 Å². The quantitative estimate of drug-likeness (QED) is 0.757. The highest BCUT2D eigenvalue weighted by molar-refractivity contribution is 5.85. The zero-order chi connectivity index (χ0) is 13.1. The van der Waals surface area contributed by atoms with Gasteiger partial charge in [0.25, 0.3) is 0 Å². The molecule has 2 nitrogen and oxygen atoms in total. The summed E-state index contributed by atoms with van der Waals surface area (Å²) in [5.74, 6) is 0. The number of hydrogen-bond acceptors (Lipinski definition) is 1. The lowest BCUT2D eigenvalue weighted by Crippen LogP contribution is -2.02. The van der Waals surface area contributed by atoms with Gasteiger partial charge >= 0.3 is 0 Å². The van der Waals surface area contributed by atoms with Crippen molar-refractivity contribution >= 4 is 10.8 Å². The second-order valence-corrected chi connectivity index (χ2v) is 4.87. The Balaban J connectivity index is 1.92. The predicted octanol–water partition coefficient (Wildman–Crippen LogP) is 3.19. The molecule has 19 heavy (non-hydrogen) atoms. The van der Waals surface area contributed by atoms with Crippen molar-refractivity contribution in [3.8, 4) is 0 Å². The van der Waals surface area contributed by atoms with Crippen molar-refractivity contribution < 1.29 is 0 Å². The maximum Gasteiger partial charge on any atom is 0.0476 e. The lowest BCUT2D eigenvalue weighted by molar-refractivity contribution is 0.805. The molecule has 0 aliphatic heterocycles. The molecule has 0 amide bonds. The van der Waals surface area contributed by atoms with Crippen LogP contribution in [0.1, 0.15) is 11.1 Å². The molecule has 1 heterocycles. The maximum atomic E-state index is 5.59. The van der Waals surface area contributed by atoms with Crippen molar-refractivity contribution in [3.63, 3.8) is 0 Å². The lowest BCUT2D eigenvalue weighted by atomic mass is 10.0. The van der Waals surface area contributed by atoms with Gasteiger partial charge in [0.15, 0.2) is 0 Å². The molecule has 0 spiro atoms. The summed E-state index contributed by atoms with van der Waals surface area (Å²) >= 11 is 0. The van der Waals surface area contributed by atoms with E-state index >= 15 is 0 Å². The van der Waals surface area contributed by atoms with Crippen LogP contribution in [0.25, 0.3) is 10.8 Å². The molecule has 0 atom stereocenters. The van der Waals surface area contributed by atoms with E-state index in [2.05, 4.69) is 65.5 Å². The van der Waals surface area contributed by atoms with E-state index in [1.54, 1.807) is 0 Å². The molecule has 0 radical (unpaired) electrons. The molecule has 0 saturated carbocycles. The highest BCUT2D eigenvalue weighted by Crippen LogP contribution is 2.19. The lowest BCUT2D eigenvalue weighted by Gasteiger charge is -2.07. The van der Waals surface area contributed by atoms with E-state index in [1.807, 2.05) is 0 Å². The predicted molar refractivity (Wildman–Crippen MR) is 80.2 cm³/mol. The summed E-state index contributed by atoms with van der Waals surface area (Å²) < 4.78 is 2.23. The van der Waals surface area contributed by atoms with Crippen molar-refractivity contribution in [2.24, 2.45) is 5.73 Å². The normalized spacial score (nSPS) is 11.0. The van der Waals surface area contributed by atoms with Crippen molar-refractivity contribution in [1.82, 2.24) is 4.57 Å².